The summed E-state index contributed by atoms with van der Waals surface area (Å²) in [6.07, 6.45) is 6.65. The second-order valence-corrected chi connectivity index (χ2v) is 2.99. The molecule has 0 aromatic rings. The summed E-state index contributed by atoms with van der Waals surface area (Å²) in [6.45, 7) is 4.39. The van der Waals surface area contributed by atoms with Gasteiger partial charge in [-0.05, 0) is 37.3 Å². The molecular formula is C10H16O. The van der Waals surface area contributed by atoms with Crippen molar-refractivity contribution in [2.45, 2.75) is 26.7 Å². The lowest BCUT2D eigenvalue weighted by molar-refractivity contribution is 0.292. The van der Waals surface area contributed by atoms with E-state index in [1.807, 2.05) is 0 Å². The van der Waals surface area contributed by atoms with E-state index in [0.29, 0.717) is 5.92 Å². The fourth-order valence-electron chi connectivity index (χ4n) is 1.55. The second-order valence-electron chi connectivity index (χ2n) is 2.99. The molecule has 0 amide bonds. The molecule has 0 heterocycles. The molecule has 0 saturated heterocycles. The molecule has 11 heavy (non-hydrogen) atoms. The highest BCUT2D eigenvalue weighted by Gasteiger charge is 2.14. The van der Waals surface area contributed by atoms with Crippen molar-refractivity contribution < 1.29 is 4.74 Å². The van der Waals surface area contributed by atoms with Crippen molar-refractivity contribution in [2.24, 2.45) is 5.92 Å². The first-order valence-electron chi connectivity index (χ1n) is 4.20. The van der Waals surface area contributed by atoms with Crippen molar-refractivity contribution in [3.8, 4) is 0 Å². The summed E-state index contributed by atoms with van der Waals surface area (Å²) in [4.78, 5) is 0. The predicted octanol–water partition coefficient (Wildman–Crippen LogP) is 2.89. The topological polar surface area (TPSA) is 9.23 Å². The number of hydrogen-bond acceptors (Lipinski definition) is 1. The number of allylic oxidation sites excluding steroid dienone is 3. The maximum Gasteiger partial charge on any atom is 0.117 e. The molecule has 0 fully saturated rings. The first-order valence-corrected chi connectivity index (χ1v) is 4.20. The summed E-state index contributed by atoms with van der Waals surface area (Å²) in [5.41, 5.74) is 1.40. The highest BCUT2D eigenvalue weighted by molar-refractivity contribution is 5.25. The third-order valence-corrected chi connectivity index (χ3v) is 2.40. The van der Waals surface area contributed by atoms with Gasteiger partial charge in [-0.3, -0.25) is 0 Å². The summed E-state index contributed by atoms with van der Waals surface area (Å²) < 4.78 is 5.23. The van der Waals surface area contributed by atoms with Crippen LogP contribution in [0.3, 0.4) is 0 Å². The Hall–Kier alpha value is -0.720. The Bertz CT molecular complexity index is 189. The SMILES string of the molecule is CCC1CC=CC(OC)=C1C. The van der Waals surface area contributed by atoms with Gasteiger partial charge in [0.1, 0.15) is 5.76 Å². The molecule has 0 bridgehead atoms. The zero-order chi connectivity index (χ0) is 8.27. The summed E-state index contributed by atoms with van der Waals surface area (Å²) in [5.74, 6) is 1.76. The van der Waals surface area contributed by atoms with Crippen LogP contribution in [0.1, 0.15) is 26.7 Å². The molecule has 0 radical (unpaired) electrons. The molecule has 0 spiro atoms. The van der Waals surface area contributed by atoms with E-state index in [2.05, 4.69) is 26.0 Å². The normalized spacial score (nSPS) is 24.1. The molecule has 1 nitrogen and oxygen atoms in total. The highest BCUT2D eigenvalue weighted by atomic mass is 16.5. The zero-order valence-electron chi connectivity index (χ0n) is 7.55. The monoisotopic (exact) mass is 152 g/mol. The van der Waals surface area contributed by atoms with Crippen LogP contribution in [0.15, 0.2) is 23.5 Å². The van der Waals surface area contributed by atoms with Crippen molar-refractivity contribution in [1.29, 1.82) is 0 Å². The smallest absolute Gasteiger partial charge is 0.117 e. The van der Waals surface area contributed by atoms with Crippen molar-refractivity contribution in [2.75, 3.05) is 7.11 Å². The number of hydrogen-bond donors (Lipinski definition) is 0. The predicted molar refractivity (Wildman–Crippen MR) is 47.2 cm³/mol. The van der Waals surface area contributed by atoms with Gasteiger partial charge in [0.2, 0.25) is 0 Å². The molecular weight excluding hydrogens is 136 g/mol. The van der Waals surface area contributed by atoms with E-state index < -0.39 is 0 Å². The van der Waals surface area contributed by atoms with Gasteiger partial charge in [-0.2, -0.15) is 0 Å². The maximum absolute atomic E-state index is 5.23. The largest absolute Gasteiger partial charge is 0.497 e. The van der Waals surface area contributed by atoms with E-state index in [1.54, 1.807) is 7.11 Å². The standard InChI is InChI=1S/C10H16O/c1-4-9-6-5-7-10(11-3)8(9)2/h5,7,9H,4,6H2,1-3H3. The van der Waals surface area contributed by atoms with E-state index in [-0.39, 0.29) is 0 Å². The van der Waals surface area contributed by atoms with Crippen LogP contribution in [-0.4, -0.2) is 7.11 Å². The molecule has 0 N–H and O–H groups in total. The van der Waals surface area contributed by atoms with Gasteiger partial charge < -0.3 is 4.74 Å². The van der Waals surface area contributed by atoms with E-state index in [9.17, 15) is 0 Å². The maximum atomic E-state index is 5.23. The summed E-state index contributed by atoms with van der Waals surface area (Å²) >= 11 is 0. The van der Waals surface area contributed by atoms with Crippen molar-refractivity contribution in [3.05, 3.63) is 23.5 Å². The minimum atomic E-state index is 0.704. The summed E-state index contributed by atoms with van der Waals surface area (Å²) in [5, 5.41) is 0. The molecule has 0 aliphatic heterocycles. The van der Waals surface area contributed by atoms with Gasteiger partial charge >= 0.3 is 0 Å². The number of methoxy groups -OCH3 is 1. The summed E-state index contributed by atoms with van der Waals surface area (Å²) in [6, 6.07) is 0. The molecule has 0 saturated carbocycles. The van der Waals surface area contributed by atoms with Crippen molar-refractivity contribution in [3.63, 3.8) is 0 Å². The van der Waals surface area contributed by atoms with Gasteiger partial charge in [-0.1, -0.05) is 13.0 Å². The quantitative estimate of drug-likeness (QED) is 0.591. The van der Waals surface area contributed by atoms with Gasteiger partial charge in [0.15, 0.2) is 0 Å². The number of rotatable bonds is 2. The van der Waals surface area contributed by atoms with Crippen LogP contribution in [0.4, 0.5) is 0 Å². The van der Waals surface area contributed by atoms with Gasteiger partial charge in [0.25, 0.3) is 0 Å². The first-order chi connectivity index (χ1) is 5.29. The number of ether oxygens (including phenoxy) is 1. The van der Waals surface area contributed by atoms with Gasteiger partial charge in [-0.15, -0.1) is 0 Å². The Kier molecular flexibility index (Phi) is 2.75. The fraction of sp³-hybridized carbons (Fsp3) is 0.600. The minimum absolute atomic E-state index is 0.704. The van der Waals surface area contributed by atoms with Crippen LogP contribution in [0.2, 0.25) is 0 Å². The first kappa shape index (κ1) is 8.38. The molecule has 0 aromatic carbocycles. The third-order valence-electron chi connectivity index (χ3n) is 2.40. The van der Waals surface area contributed by atoms with E-state index in [0.717, 1.165) is 5.76 Å². The molecule has 62 valence electrons. The fourth-order valence-corrected chi connectivity index (χ4v) is 1.55. The molecule has 1 aliphatic rings. The Labute approximate surface area is 68.8 Å². The Morgan fingerprint density at radius 2 is 2.36 bits per heavy atom. The lowest BCUT2D eigenvalue weighted by Crippen LogP contribution is -2.06. The lowest BCUT2D eigenvalue weighted by atomic mass is 9.89. The lowest BCUT2D eigenvalue weighted by Gasteiger charge is -2.20. The van der Waals surface area contributed by atoms with Crippen LogP contribution in [0, 0.1) is 5.92 Å². The van der Waals surface area contributed by atoms with E-state index in [4.69, 9.17) is 4.74 Å². The molecule has 1 atom stereocenters. The van der Waals surface area contributed by atoms with Gasteiger partial charge in [0.05, 0.1) is 7.11 Å². The average molecular weight is 152 g/mol. The molecule has 0 aromatic heterocycles. The molecule has 1 rings (SSSR count). The second kappa shape index (κ2) is 3.61. The average Bonchev–Trinajstić information content (AvgIpc) is 2.05. The van der Waals surface area contributed by atoms with Crippen LogP contribution in [0.5, 0.6) is 0 Å². The summed E-state index contributed by atoms with van der Waals surface area (Å²) in [7, 11) is 1.74. The van der Waals surface area contributed by atoms with Crippen LogP contribution >= 0.6 is 0 Å². The Morgan fingerprint density at radius 3 is 2.91 bits per heavy atom. The molecule has 1 aliphatic carbocycles. The van der Waals surface area contributed by atoms with Crippen LogP contribution in [-0.2, 0) is 4.74 Å². The zero-order valence-corrected chi connectivity index (χ0v) is 7.55. The van der Waals surface area contributed by atoms with Crippen LogP contribution < -0.4 is 0 Å². The minimum Gasteiger partial charge on any atom is -0.497 e. The Balaban J connectivity index is 2.78. The molecule has 1 heteroatoms. The van der Waals surface area contributed by atoms with Crippen LogP contribution in [0.25, 0.3) is 0 Å². The van der Waals surface area contributed by atoms with Gasteiger partial charge in [0, 0.05) is 0 Å². The van der Waals surface area contributed by atoms with E-state index in [1.165, 1.54) is 18.4 Å². The van der Waals surface area contributed by atoms with Crippen molar-refractivity contribution in [1.82, 2.24) is 0 Å². The Morgan fingerprint density at radius 1 is 1.64 bits per heavy atom. The molecule has 1 unspecified atom stereocenters. The highest BCUT2D eigenvalue weighted by Crippen LogP contribution is 2.27. The van der Waals surface area contributed by atoms with E-state index >= 15 is 0 Å². The van der Waals surface area contributed by atoms with Gasteiger partial charge in [-0.25, -0.2) is 0 Å². The third kappa shape index (κ3) is 1.65. The van der Waals surface area contributed by atoms with Crippen molar-refractivity contribution >= 4 is 0 Å².